The van der Waals surface area contributed by atoms with Crippen LogP contribution in [0.4, 0.5) is 0 Å². The van der Waals surface area contributed by atoms with Crippen molar-refractivity contribution in [3.8, 4) is 0 Å². The second kappa shape index (κ2) is 14.7. The summed E-state index contributed by atoms with van der Waals surface area (Å²) in [6.45, 7) is 2.30. The van der Waals surface area contributed by atoms with Crippen LogP contribution in [0, 0.1) is 0 Å². The molecule has 0 aromatic heterocycles. The largest absolute Gasteiger partial charge is 0.0853 e. The van der Waals surface area contributed by atoms with Crippen molar-refractivity contribution in [2.45, 2.75) is 122 Å². The minimum atomic E-state index is 1.36. The van der Waals surface area contributed by atoms with Gasteiger partial charge in [-0.05, 0) is 32.1 Å². The van der Waals surface area contributed by atoms with E-state index in [2.05, 4.69) is 13.0 Å². The van der Waals surface area contributed by atoms with E-state index < -0.39 is 0 Å². The predicted octanol–water partition coefficient (Wildman–Crippen LogP) is 7.97. The molecule has 0 fully saturated rings. The van der Waals surface area contributed by atoms with E-state index in [-0.39, 0.29) is 0 Å². The summed E-state index contributed by atoms with van der Waals surface area (Å²) in [5, 5.41) is 0. The molecule has 1 rings (SSSR count). The molecule has 0 unspecified atom stereocenters. The van der Waals surface area contributed by atoms with Crippen LogP contribution in [0.1, 0.15) is 122 Å². The van der Waals surface area contributed by atoms with Gasteiger partial charge >= 0.3 is 0 Å². The van der Waals surface area contributed by atoms with E-state index in [1.165, 1.54) is 116 Å². The summed E-state index contributed by atoms with van der Waals surface area (Å²) in [5.74, 6) is 0. The molecule has 0 aromatic rings. The SMILES string of the molecule is CCCCCCCCCCCCCCCCC1=CCCC1. The van der Waals surface area contributed by atoms with Crippen LogP contribution in [0.3, 0.4) is 0 Å². The molecule has 0 heterocycles. The van der Waals surface area contributed by atoms with Crippen molar-refractivity contribution >= 4 is 0 Å². The Bertz CT molecular complexity index is 238. The van der Waals surface area contributed by atoms with Gasteiger partial charge in [0.1, 0.15) is 0 Å². The maximum atomic E-state index is 2.49. The van der Waals surface area contributed by atoms with Crippen LogP contribution in [0.15, 0.2) is 11.6 Å². The molecule has 0 aliphatic heterocycles. The zero-order valence-electron chi connectivity index (χ0n) is 14.8. The lowest BCUT2D eigenvalue weighted by Gasteiger charge is -2.04. The van der Waals surface area contributed by atoms with Crippen molar-refractivity contribution in [3.05, 3.63) is 11.6 Å². The van der Waals surface area contributed by atoms with Crippen LogP contribution >= 0.6 is 0 Å². The quantitative estimate of drug-likeness (QED) is 0.212. The molecule has 0 heteroatoms. The molecular formula is C21H40. The first kappa shape index (κ1) is 18.8. The normalized spacial score (nSPS) is 14.6. The molecule has 0 nitrogen and oxygen atoms in total. The lowest BCUT2D eigenvalue weighted by molar-refractivity contribution is 0.535. The van der Waals surface area contributed by atoms with Gasteiger partial charge < -0.3 is 0 Å². The highest BCUT2D eigenvalue weighted by atomic mass is 14.1. The summed E-state index contributed by atoms with van der Waals surface area (Å²) in [5.41, 5.74) is 1.76. The molecule has 0 saturated carbocycles. The number of hydrogen-bond donors (Lipinski definition) is 0. The summed E-state index contributed by atoms with van der Waals surface area (Å²) in [6, 6.07) is 0. The molecule has 0 aromatic carbocycles. The molecule has 0 N–H and O–H groups in total. The van der Waals surface area contributed by atoms with E-state index in [4.69, 9.17) is 0 Å². The number of hydrogen-bond acceptors (Lipinski definition) is 0. The average Bonchev–Trinajstić information content (AvgIpc) is 3.01. The van der Waals surface area contributed by atoms with Crippen molar-refractivity contribution in [3.63, 3.8) is 0 Å². The Hall–Kier alpha value is -0.260. The number of allylic oxidation sites excluding steroid dienone is 2. The van der Waals surface area contributed by atoms with Gasteiger partial charge in [0.25, 0.3) is 0 Å². The average molecular weight is 293 g/mol. The highest BCUT2D eigenvalue weighted by Crippen LogP contribution is 2.23. The van der Waals surface area contributed by atoms with Gasteiger partial charge in [0.2, 0.25) is 0 Å². The molecule has 0 saturated heterocycles. The Morgan fingerprint density at radius 3 is 1.57 bits per heavy atom. The van der Waals surface area contributed by atoms with Gasteiger partial charge in [-0.2, -0.15) is 0 Å². The lowest BCUT2D eigenvalue weighted by Crippen LogP contribution is -1.84. The fourth-order valence-electron chi connectivity index (χ4n) is 3.51. The fraction of sp³-hybridized carbons (Fsp3) is 0.905. The summed E-state index contributed by atoms with van der Waals surface area (Å²) in [4.78, 5) is 0. The Balaban J connectivity index is 1.67. The van der Waals surface area contributed by atoms with Crippen molar-refractivity contribution in [1.29, 1.82) is 0 Å². The first-order chi connectivity index (χ1) is 10.4. The zero-order chi connectivity index (χ0) is 15.0. The molecule has 0 atom stereocenters. The first-order valence-corrected chi connectivity index (χ1v) is 10.1. The highest BCUT2D eigenvalue weighted by molar-refractivity contribution is 5.06. The van der Waals surface area contributed by atoms with Crippen molar-refractivity contribution in [1.82, 2.24) is 0 Å². The monoisotopic (exact) mass is 292 g/mol. The standard InChI is InChI=1S/C21H40/c1-2-3-4-5-6-7-8-9-10-11-12-13-14-15-18-21-19-16-17-20-21/h19H,2-18,20H2,1H3. The molecule has 0 radical (unpaired) electrons. The van der Waals surface area contributed by atoms with E-state index in [1.807, 2.05) is 0 Å². The van der Waals surface area contributed by atoms with Gasteiger partial charge in [0, 0.05) is 0 Å². The summed E-state index contributed by atoms with van der Waals surface area (Å²) in [7, 11) is 0. The van der Waals surface area contributed by atoms with Gasteiger partial charge in [0.15, 0.2) is 0 Å². The molecule has 124 valence electrons. The van der Waals surface area contributed by atoms with E-state index >= 15 is 0 Å². The van der Waals surface area contributed by atoms with E-state index in [0.29, 0.717) is 0 Å². The topological polar surface area (TPSA) is 0 Å². The van der Waals surface area contributed by atoms with Crippen LogP contribution in [0.25, 0.3) is 0 Å². The maximum Gasteiger partial charge on any atom is -0.0317 e. The summed E-state index contributed by atoms with van der Waals surface area (Å²) in [6.07, 6.45) is 28.6. The maximum absolute atomic E-state index is 2.49. The highest BCUT2D eigenvalue weighted by Gasteiger charge is 2.03. The third-order valence-electron chi connectivity index (χ3n) is 4.99. The van der Waals surface area contributed by atoms with Crippen LogP contribution in [0.5, 0.6) is 0 Å². The van der Waals surface area contributed by atoms with E-state index in [0.717, 1.165) is 0 Å². The molecule has 0 spiro atoms. The van der Waals surface area contributed by atoms with E-state index in [1.54, 1.807) is 5.57 Å². The van der Waals surface area contributed by atoms with Gasteiger partial charge in [-0.15, -0.1) is 0 Å². The Kier molecular flexibility index (Phi) is 13.1. The molecule has 21 heavy (non-hydrogen) atoms. The smallest absolute Gasteiger partial charge is 0.0317 e. The number of unbranched alkanes of at least 4 members (excludes halogenated alkanes) is 13. The van der Waals surface area contributed by atoms with Crippen LogP contribution in [-0.2, 0) is 0 Å². The van der Waals surface area contributed by atoms with Gasteiger partial charge in [-0.3, -0.25) is 0 Å². The summed E-state index contributed by atoms with van der Waals surface area (Å²) < 4.78 is 0. The third-order valence-corrected chi connectivity index (χ3v) is 4.99. The van der Waals surface area contributed by atoms with Crippen molar-refractivity contribution < 1.29 is 0 Å². The van der Waals surface area contributed by atoms with Crippen LogP contribution in [0.2, 0.25) is 0 Å². The van der Waals surface area contributed by atoms with Crippen molar-refractivity contribution in [2.24, 2.45) is 0 Å². The number of rotatable bonds is 15. The van der Waals surface area contributed by atoms with E-state index in [9.17, 15) is 0 Å². The molecule has 0 bridgehead atoms. The lowest BCUT2D eigenvalue weighted by atomic mass is 10.0. The van der Waals surface area contributed by atoms with Crippen LogP contribution < -0.4 is 0 Å². The fourth-order valence-corrected chi connectivity index (χ4v) is 3.51. The second-order valence-electron chi connectivity index (χ2n) is 7.10. The van der Waals surface area contributed by atoms with Crippen molar-refractivity contribution in [2.75, 3.05) is 0 Å². The molecule has 1 aliphatic carbocycles. The third kappa shape index (κ3) is 12.0. The minimum absolute atomic E-state index is 1.36. The molecular weight excluding hydrogens is 252 g/mol. The Labute approximate surface area is 134 Å². The Morgan fingerprint density at radius 2 is 1.14 bits per heavy atom. The van der Waals surface area contributed by atoms with Crippen LogP contribution in [-0.4, -0.2) is 0 Å². The van der Waals surface area contributed by atoms with Gasteiger partial charge in [-0.25, -0.2) is 0 Å². The van der Waals surface area contributed by atoms with Gasteiger partial charge in [0.05, 0.1) is 0 Å². The second-order valence-corrected chi connectivity index (χ2v) is 7.10. The first-order valence-electron chi connectivity index (χ1n) is 10.1. The van der Waals surface area contributed by atoms with Gasteiger partial charge in [-0.1, -0.05) is 102 Å². The summed E-state index contributed by atoms with van der Waals surface area (Å²) >= 11 is 0. The molecule has 1 aliphatic rings. The minimum Gasteiger partial charge on any atom is -0.0853 e. The Morgan fingerprint density at radius 1 is 0.667 bits per heavy atom. The predicted molar refractivity (Wildman–Crippen MR) is 96.9 cm³/mol. The molecule has 0 amide bonds. The zero-order valence-corrected chi connectivity index (χ0v) is 14.8.